The van der Waals surface area contributed by atoms with Crippen molar-refractivity contribution in [2.24, 2.45) is 5.73 Å². The second kappa shape index (κ2) is 7.33. The third kappa shape index (κ3) is 3.12. The average Bonchev–Trinajstić information content (AvgIpc) is 2.60. The standard InChI is InChI=1S/C19H17IN2O4/c1-3-25-16-7-10(6-14(20)18(16)24-2)17-12-5-4-11(23)8-15(12)26-19(22)13(17)9-21/h4-8,17,23H,3,22H2,1-2H3/t17-/m1/s1. The van der Waals surface area contributed by atoms with Crippen LogP contribution in [0.25, 0.3) is 0 Å². The van der Waals surface area contributed by atoms with Crippen LogP contribution in [0.5, 0.6) is 23.0 Å². The predicted molar refractivity (Wildman–Crippen MR) is 104 cm³/mol. The van der Waals surface area contributed by atoms with Crippen LogP contribution in [0.4, 0.5) is 0 Å². The molecule has 2 aromatic carbocycles. The summed E-state index contributed by atoms with van der Waals surface area (Å²) in [6.45, 7) is 2.38. The summed E-state index contributed by atoms with van der Waals surface area (Å²) in [5.41, 5.74) is 7.85. The maximum absolute atomic E-state index is 9.74. The normalized spacial score (nSPS) is 15.7. The largest absolute Gasteiger partial charge is 0.508 e. The lowest BCUT2D eigenvalue weighted by Gasteiger charge is -2.27. The van der Waals surface area contributed by atoms with Gasteiger partial charge in [-0.15, -0.1) is 0 Å². The molecule has 0 spiro atoms. The molecular weight excluding hydrogens is 447 g/mol. The summed E-state index contributed by atoms with van der Waals surface area (Å²) in [5.74, 6) is 1.33. The minimum absolute atomic E-state index is 0.0272. The number of hydrogen-bond donors (Lipinski definition) is 2. The molecule has 0 aromatic heterocycles. The number of ether oxygens (including phenoxy) is 3. The lowest BCUT2D eigenvalue weighted by molar-refractivity contribution is 0.309. The first-order valence-corrected chi connectivity index (χ1v) is 8.98. The number of allylic oxidation sites excluding steroid dienone is 1. The number of nitrogens with two attached hydrogens (primary N) is 1. The molecule has 0 fully saturated rings. The van der Waals surface area contributed by atoms with E-state index >= 15 is 0 Å². The van der Waals surface area contributed by atoms with Crippen LogP contribution < -0.4 is 19.9 Å². The third-order valence-corrected chi connectivity index (χ3v) is 4.87. The Bertz CT molecular complexity index is 934. The number of benzene rings is 2. The Morgan fingerprint density at radius 2 is 2.12 bits per heavy atom. The molecule has 0 amide bonds. The zero-order chi connectivity index (χ0) is 18.8. The number of aromatic hydroxyl groups is 1. The molecule has 0 radical (unpaired) electrons. The van der Waals surface area contributed by atoms with Crippen molar-refractivity contribution in [2.45, 2.75) is 12.8 Å². The first-order valence-electron chi connectivity index (χ1n) is 7.90. The van der Waals surface area contributed by atoms with Crippen molar-refractivity contribution in [3.63, 3.8) is 0 Å². The van der Waals surface area contributed by atoms with Gasteiger partial charge in [0.05, 0.1) is 23.2 Å². The average molecular weight is 464 g/mol. The SMILES string of the molecule is CCOc1cc([C@H]2C(C#N)=C(N)Oc3cc(O)ccc32)cc(I)c1OC. The molecule has 1 aliphatic heterocycles. The molecule has 0 saturated carbocycles. The summed E-state index contributed by atoms with van der Waals surface area (Å²) in [6.07, 6.45) is 0. The van der Waals surface area contributed by atoms with Crippen molar-refractivity contribution >= 4 is 22.6 Å². The highest BCUT2D eigenvalue weighted by Crippen LogP contribution is 2.46. The molecule has 2 aromatic rings. The molecule has 26 heavy (non-hydrogen) atoms. The van der Waals surface area contributed by atoms with E-state index in [0.29, 0.717) is 29.4 Å². The molecule has 3 N–H and O–H groups in total. The zero-order valence-corrected chi connectivity index (χ0v) is 16.4. The van der Waals surface area contributed by atoms with Crippen LogP contribution in [0.3, 0.4) is 0 Å². The molecule has 7 heteroatoms. The highest BCUT2D eigenvalue weighted by atomic mass is 127. The number of nitriles is 1. The van der Waals surface area contributed by atoms with E-state index in [4.69, 9.17) is 19.9 Å². The highest BCUT2D eigenvalue weighted by Gasteiger charge is 2.32. The predicted octanol–water partition coefficient (Wildman–Crippen LogP) is 3.62. The molecule has 1 aliphatic rings. The Hall–Kier alpha value is -2.60. The van der Waals surface area contributed by atoms with E-state index in [-0.39, 0.29) is 11.6 Å². The molecule has 3 rings (SSSR count). The van der Waals surface area contributed by atoms with E-state index in [2.05, 4.69) is 28.7 Å². The molecule has 0 aliphatic carbocycles. The minimum atomic E-state index is -0.428. The fourth-order valence-corrected chi connectivity index (χ4v) is 3.85. The first kappa shape index (κ1) is 18.2. The fraction of sp³-hybridized carbons (Fsp3) is 0.211. The van der Waals surface area contributed by atoms with Crippen LogP contribution in [0.2, 0.25) is 0 Å². The molecule has 0 saturated heterocycles. The van der Waals surface area contributed by atoms with Gasteiger partial charge in [0, 0.05) is 11.6 Å². The van der Waals surface area contributed by atoms with Crippen molar-refractivity contribution in [3.05, 3.63) is 56.5 Å². The van der Waals surface area contributed by atoms with Gasteiger partial charge in [-0.2, -0.15) is 5.26 Å². The maximum atomic E-state index is 9.74. The highest BCUT2D eigenvalue weighted by molar-refractivity contribution is 14.1. The van der Waals surface area contributed by atoms with Crippen LogP contribution in [0, 0.1) is 14.9 Å². The van der Waals surface area contributed by atoms with Gasteiger partial charge >= 0.3 is 0 Å². The molecule has 0 bridgehead atoms. The van der Waals surface area contributed by atoms with Crippen LogP contribution >= 0.6 is 22.6 Å². The van der Waals surface area contributed by atoms with Crippen molar-refractivity contribution in [2.75, 3.05) is 13.7 Å². The quantitative estimate of drug-likeness (QED) is 0.671. The first-order chi connectivity index (χ1) is 12.5. The van der Waals surface area contributed by atoms with Gasteiger partial charge in [0.2, 0.25) is 5.88 Å². The van der Waals surface area contributed by atoms with Crippen LogP contribution in [0.1, 0.15) is 24.0 Å². The van der Waals surface area contributed by atoms with Gasteiger partial charge in [-0.1, -0.05) is 6.07 Å². The van der Waals surface area contributed by atoms with Gasteiger partial charge in [-0.05, 0) is 53.3 Å². The monoisotopic (exact) mass is 464 g/mol. The topological polar surface area (TPSA) is 97.7 Å². The van der Waals surface area contributed by atoms with Crippen molar-refractivity contribution in [3.8, 4) is 29.1 Å². The minimum Gasteiger partial charge on any atom is -0.508 e. The van der Waals surface area contributed by atoms with E-state index < -0.39 is 5.92 Å². The van der Waals surface area contributed by atoms with Crippen molar-refractivity contribution in [1.82, 2.24) is 0 Å². The smallest absolute Gasteiger partial charge is 0.205 e. The molecule has 134 valence electrons. The van der Waals surface area contributed by atoms with Gasteiger partial charge in [-0.25, -0.2) is 0 Å². The number of fused-ring (bicyclic) bond motifs is 1. The van der Waals surface area contributed by atoms with Crippen LogP contribution in [0.15, 0.2) is 41.8 Å². The summed E-state index contributed by atoms with van der Waals surface area (Å²) in [7, 11) is 1.59. The lowest BCUT2D eigenvalue weighted by atomic mass is 9.83. The second-order valence-electron chi connectivity index (χ2n) is 5.61. The number of halogens is 1. The molecular formula is C19H17IN2O4. The second-order valence-corrected chi connectivity index (χ2v) is 6.78. The van der Waals surface area contributed by atoms with Crippen molar-refractivity contribution in [1.29, 1.82) is 5.26 Å². The Morgan fingerprint density at radius 1 is 1.35 bits per heavy atom. The summed E-state index contributed by atoms with van der Waals surface area (Å²) in [5, 5.41) is 19.4. The Morgan fingerprint density at radius 3 is 2.77 bits per heavy atom. The zero-order valence-electron chi connectivity index (χ0n) is 14.2. The summed E-state index contributed by atoms with van der Waals surface area (Å²) < 4.78 is 17.5. The number of nitrogens with zero attached hydrogens (tertiary/aromatic N) is 1. The molecule has 0 unspecified atom stereocenters. The Kier molecular flexibility index (Phi) is 5.13. The van der Waals surface area contributed by atoms with Crippen LogP contribution in [-0.2, 0) is 0 Å². The van der Waals surface area contributed by atoms with Gasteiger partial charge < -0.3 is 25.1 Å². The van der Waals surface area contributed by atoms with Gasteiger partial charge in [-0.3, -0.25) is 0 Å². The fourth-order valence-electron chi connectivity index (χ4n) is 3.00. The number of rotatable bonds is 4. The number of methoxy groups -OCH3 is 1. The third-order valence-electron chi connectivity index (χ3n) is 4.07. The number of phenols is 1. The van der Waals surface area contributed by atoms with E-state index in [1.165, 1.54) is 6.07 Å². The molecule has 1 heterocycles. The Balaban J connectivity index is 2.23. The van der Waals surface area contributed by atoms with E-state index in [9.17, 15) is 10.4 Å². The van der Waals surface area contributed by atoms with Crippen LogP contribution in [-0.4, -0.2) is 18.8 Å². The van der Waals surface area contributed by atoms with E-state index in [1.54, 1.807) is 19.2 Å². The molecule has 6 nitrogen and oxygen atoms in total. The Labute approximate surface area is 164 Å². The summed E-state index contributed by atoms with van der Waals surface area (Å²) >= 11 is 2.17. The number of hydrogen-bond acceptors (Lipinski definition) is 6. The van der Waals surface area contributed by atoms with E-state index in [1.807, 2.05) is 19.1 Å². The van der Waals surface area contributed by atoms with Gasteiger partial charge in [0.15, 0.2) is 11.5 Å². The van der Waals surface area contributed by atoms with E-state index in [0.717, 1.165) is 14.7 Å². The molecule has 1 atom stereocenters. The summed E-state index contributed by atoms with van der Waals surface area (Å²) in [4.78, 5) is 0. The van der Waals surface area contributed by atoms with Gasteiger partial charge in [0.1, 0.15) is 23.1 Å². The van der Waals surface area contributed by atoms with Gasteiger partial charge in [0.25, 0.3) is 0 Å². The number of phenolic OH excluding ortho intramolecular Hbond substituents is 1. The maximum Gasteiger partial charge on any atom is 0.205 e. The lowest BCUT2D eigenvalue weighted by Crippen LogP contribution is -2.21. The summed E-state index contributed by atoms with van der Waals surface area (Å²) in [6, 6.07) is 10.7. The van der Waals surface area contributed by atoms with Crippen molar-refractivity contribution < 1.29 is 19.3 Å².